The molecule has 4 N–H and O–H groups in total. The Hall–Kier alpha value is -4.34. The quantitative estimate of drug-likeness (QED) is 0.194. The molecule has 0 aromatic heterocycles. The average molecular weight is 568 g/mol. The van der Waals surface area contributed by atoms with E-state index < -0.39 is 29.4 Å². The van der Waals surface area contributed by atoms with Gasteiger partial charge in [-0.25, -0.2) is 9.59 Å². The third-order valence-corrected chi connectivity index (χ3v) is 6.35. The fraction of sp³-hybridized carbons (Fsp3) is 0.419. The van der Waals surface area contributed by atoms with Crippen molar-refractivity contribution >= 4 is 29.6 Å². The standard InChI is InChI=1S/C31H41N3O7/c1-20(19-21(2)24-15-16-25(39-6)29(37)41-24)11-7-10-14-26(35)34-27(31(3,4)5)28(36)33-23-13-9-8-12-22(23)17-18-40-30(32)38/h7-14,16,19,21,24,27H,15,17-18H2,1-6H3,(H2,32,38)(H,33,36)(H,34,35). The van der Waals surface area contributed by atoms with Crippen LogP contribution in [0.1, 0.15) is 46.6 Å². The Labute approximate surface area is 241 Å². The van der Waals surface area contributed by atoms with E-state index in [9.17, 15) is 19.2 Å². The molecule has 1 aliphatic heterocycles. The summed E-state index contributed by atoms with van der Waals surface area (Å²) in [7, 11) is 1.44. The lowest BCUT2D eigenvalue weighted by molar-refractivity contribution is -0.151. The molecule has 1 aliphatic rings. The molecule has 1 aromatic carbocycles. The van der Waals surface area contributed by atoms with Crippen molar-refractivity contribution in [3.05, 3.63) is 77.6 Å². The van der Waals surface area contributed by atoms with Crippen molar-refractivity contribution in [2.75, 3.05) is 19.0 Å². The SMILES string of the molecule is COC1=CCC(C(C)C=C(C)C=CC=CC(=O)NC(C(=O)Nc2ccccc2CCOC(N)=O)C(C)(C)C)OC1=O. The molecule has 2 rings (SSSR count). The summed E-state index contributed by atoms with van der Waals surface area (Å²) in [6.07, 6.45) is 10.0. The molecular weight excluding hydrogens is 526 g/mol. The topological polar surface area (TPSA) is 146 Å². The summed E-state index contributed by atoms with van der Waals surface area (Å²) in [5, 5.41) is 5.68. The van der Waals surface area contributed by atoms with Crippen LogP contribution in [0.15, 0.2) is 72.1 Å². The highest BCUT2D eigenvalue weighted by atomic mass is 16.6. The molecule has 0 saturated heterocycles. The summed E-state index contributed by atoms with van der Waals surface area (Å²) in [5.41, 5.74) is 6.70. The van der Waals surface area contributed by atoms with Gasteiger partial charge in [-0.15, -0.1) is 0 Å². The summed E-state index contributed by atoms with van der Waals surface area (Å²) in [5.74, 6) is -1.05. The van der Waals surface area contributed by atoms with E-state index in [4.69, 9.17) is 19.9 Å². The van der Waals surface area contributed by atoms with Crippen LogP contribution in [0, 0.1) is 11.3 Å². The molecule has 1 aromatic rings. The predicted molar refractivity (Wildman–Crippen MR) is 156 cm³/mol. The number of hydrogen-bond donors (Lipinski definition) is 3. The van der Waals surface area contributed by atoms with Gasteiger partial charge in [0, 0.05) is 30.5 Å². The van der Waals surface area contributed by atoms with Crippen molar-refractivity contribution in [3.8, 4) is 0 Å². The van der Waals surface area contributed by atoms with E-state index in [1.165, 1.54) is 13.2 Å². The zero-order valence-corrected chi connectivity index (χ0v) is 24.6. The van der Waals surface area contributed by atoms with Crippen LogP contribution >= 0.6 is 0 Å². The molecule has 0 fully saturated rings. The Morgan fingerprint density at radius 3 is 2.49 bits per heavy atom. The smallest absolute Gasteiger partial charge is 0.404 e. The lowest BCUT2D eigenvalue weighted by atomic mass is 9.86. The number of nitrogens with one attached hydrogen (secondary N) is 2. The third-order valence-electron chi connectivity index (χ3n) is 6.35. The first-order chi connectivity index (χ1) is 19.3. The number of allylic oxidation sites excluding steroid dienone is 4. The van der Waals surface area contributed by atoms with Gasteiger partial charge in [0.1, 0.15) is 12.1 Å². The molecule has 0 radical (unpaired) electrons. The highest BCUT2D eigenvalue weighted by Crippen LogP contribution is 2.24. The molecule has 10 nitrogen and oxygen atoms in total. The Kier molecular flexibility index (Phi) is 12.4. The number of rotatable bonds is 12. The molecule has 3 atom stereocenters. The zero-order chi connectivity index (χ0) is 30.6. The Balaban J connectivity index is 1.98. The van der Waals surface area contributed by atoms with E-state index in [1.807, 2.05) is 58.9 Å². The molecule has 0 saturated carbocycles. The average Bonchev–Trinajstić information content (AvgIpc) is 2.89. The summed E-state index contributed by atoms with van der Waals surface area (Å²) >= 11 is 0. The van der Waals surface area contributed by atoms with Gasteiger partial charge in [0.25, 0.3) is 0 Å². The zero-order valence-electron chi connectivity index (χ0n) is 24.6. The maximum Gasteiger partial charge on any atom is 0.404 e. The van der Waals surface area contributed by atoms with Gasteiger partial charge in [-0.3, -0.25) is 9.59 Å². The van der Waals surface area contributed by atoms with Crippen molar-refractivity contribution in [3.63, 3.8) is 0 Å². The lowest BCUT2D eigenvalue weighted by Crippen LogP contribution is -2.51. The molecule has 41 heavy (non-hydrogen) atoms. The Morgan fingerprint density at radius 2 is 1.85 bits per heavy atom. The predicted octanol–water partition coefficient (Wildman–Crippen LogP) is 4.33. The fourth-order valence-corrected chi connectivity index (χ4v) is 4.16. The maximum atomic E-state index is 13.2. The largest absolute Gasteiger partial charge is 0.490 e. The van der Waals surface area contributed by atoms with Crippen molar-refractivity contribution < 1.29 is 33.4 Å². The number of methoxy groups -OCH3 is 1. The number of hydrogen-bond acceptors (Lipinski definition) is 7. The maximum absolute atomic E-state index is 13.2. The van der Waals surface area contributed by atoms with Gasteiger partial charge in [0.15, 0.2) is 5.76 Å². The van der Waals surface area contributed by atoms with Crippen LogP contribution in [0.3, 0.4) is 0 Å². The number of ether oxygens (including phenoxy) is 3. The monoisotopic (exact) mass is 567 g/mol. The van der Waals surface area contributed by atoms with Crippen LogP contribution in [0.4, 0.5) is 10.5 Å². The van der Waals surface area contributed by atoms with Crippen molar-refractivity contribution in [2.45, 2.75) is 59.6 Å². The summed E-state index contributed by atoms with van der Waals surface area (Å²) in [6.45, 7) is 9.54. The van der Waals surface area contributed by atoms with Crippen molar-refractivity contribution in [1.29, 1.82) is 0 Å². The fourth-order valence-electron chi connectivity index (χ4n) is 4.16. The molecule has 0 spiro atoms. The first-order valence-electron chi connectivity index (χ1n) is 13.4. The van der Waals surface area contributed by atoms with E-state index >= 15 is 0 Å². The van der Waals surface area contributed by atoms with Crippen LogP contribution in [0.5, 0.6) is 0 Å². The number of benzene rings is 1. The van der Waals surface area contributed by atoms with Crippen LogP contribution < -0.4 is 16.4 Å². The third kappa shape index (κ3) is 11.0. The summed E-state index contributed by atoms with van der Waals surface area (Å²) in [4.78, 5) is 48.7. The van der Waals surface area contributed by atoms with Crippen molar-refractivity contribution in [2.24, 2.45) is 17.1 Å². The highest BCUT2D eigenvalue weighted by Gasteiger charge is 2.32. The first-order valence-corrected chi connectivity index (χ1v) is 13.4. The number of nitrogens with two attached hydrogens (primary N) is 1. The van der Waals surface area contributed by atoms with E-state index in [0.29, 0.717) is 18.5 Å². The lowest BCUT2D eigenvalue weighted by Gasteiger charge is -2.30. The van der Waals surface area contributed by atoms with Gasteiger partial charge in [0.05, 0.1) is 13.7 Å². The normalized spacial score (nSPS) is 17.4. The molecule has 3 amide bonds. The number of amides is 3. The summed E-state index contributed by atoms with van der Waals surface area (Å²) < 4.78 is 15.2. The van der Waals surface area contributed by atoms with Gasteiger partial charge in [-0.05, 0) is 30.0 Å². The molecule has 3 unspecified atom stereocenters. The van der Waals surface area contributed by atoms with Crippen molar-refractivity contribution in [1.82, 2.24) is 5.32 Å². The van der Waals surface area contributed by atoms with Gasteiger partial charge in [-0.1, -0.05) is 75.8 Å². The highest BCUT2D eigenvalue weighted by molar-refractivity contribution is 6.00. The van der Waals surface area contributed by atoms with Crippen LogP contribution in [0.25, 0.3) is 0 Å². The van der Waals surface area contributed by atoms with Gasteiger partial charge >= 0.3 is 12.1 Å². The second-order valence-electron chi connectivity index (χ2n) is 10.8. The Bertz CT molecular complexity index is 1220. The minimum absolute atomic E-state index is 0.0163. The minimum atomic E-state index is -0.864. The molecule has 0 bridgehead atoms. The number of carbonyl (C=O) groups is 4. The second-order valence-corrected chi connectivity index (χ2v) is 10.8. The van der Waals surface area contributed by atoms with E-state index in [2.05, 4.69) is 10.6 Å². The minimum Gasteiger partial charge on any atom is -0.490 e. The van der Waals surface area contributed by atoms with E-state index in [-0.39, 0.29) is 30.3 Å². The van der Waals surface area contributed by atoms with Crippen LogP contribution in [-0.2, 0) is 35.0 Å². The molecule has 10 heteroatoms. The Morgan fingerprint density at radius 1 is 1.17 bits per heavy atom. The molecular formula is C31H41N3O7. The van der Waals surface area contributed by atoms with E-state index in [1.54, 1.807) is 30.4 Å². The van der Waals surface area contributed by atoms with Gasteiger partial charge in [-0.2, -0.15) is 0 Å². The van der Waals surface area contributed by atoms with Gasteiger partial charge < -0.3 is 30.6 Å². The first kappa shape index (κ1) is 32.9. The number of para-hydroxylation sites is 1. The van der Waals surface area contributed by atoms with E-state index in [0.717, 1.165) is 11.1 Å². The number of carbonyl (C=O) groups excluding carboxylic acids is 4. The number of cyclic esters (lactones) is 1. The molecule has 0 aliphatic carbocycles. The van der Waals surface area contributed by atoms with Crippen LogP contribution in [-0.4, -0.2) is 49.7 Å². The van der Waals surface area contributed by atoms with Gasteiger partial charge in [0.2, 0.25) is 11.8 Å². The summed E-state index contributed by atoms with van der Waals surface area (Å²) in [6, 6.07) is 6.32. The second kappa shape index (κ2) is 15.4. The molecule has 1 heterocycles. The van der Waals surface area contributed by atoms with Crippen LogP contribution in [0.2, 0.25) is 0 Å². The number of esters is 1. The number of anilines is 1. The number of primary amides is 1. The molecule has 222 valence electrons.